The van der Waals surface area contributed by atoms with Gasteiger partial charge in [-0.3, -0.25) is 4.79 Å². The van der Waals surface area contributed by atoms with Crippen molar-refractivity contribution in [1.29, 1.82) is 0 Å². The quantitative estimate of drug-likeness (QED) is 0.889. The van der Waals surface area contributed by atoms with Crippen molar-refractivity contribution in [3.05, 3.63) is 57.3 Å². The lowest BCUT2D eigenvalue weighted by Crippen LogP contribution is -2.29. The van der Waals surface area contributed by atoms with Crippen LogP contribution in [0.15, 0.2) is 36.4 Å². The molecule has 0 saturated heterocycles. The number of nitrogens with one attached hydrogen (secondary N) is 1. The summed E-state index contributed by atoms with van der Waals surface area (Å²) in [5, 5.41) is 13.0. The van der Waals surface area contributed by atoms with E-state index in [4.69, 9.17) is 0 Å². The highest BCUT2D eigenvalue weighted by Gasteiger charge is 2.44. The molecule has 1 saturated carbocycles. The monoisotopic (exact) mass is 315 g/mol. The molecule has 1 heterocycles. The van der Waals surface area contributed by atoms with Crippen molar-refractivity contribution in [3.8, 4) is 0 Å². The first-order valence-electron chi connectivity index (χ1n) is 7.63. The average Bonchev–Trinajstić information content (AvgIpc) is 3.20. The molecule has 2 aromatic rings. The van der Waals surface area contributed by atoms with E-state index < -0.39 is 6.10 Å². The number of hydrogen-bond donors (Lipinski definition) is 2. The first-order valence-corrected chi connectivity index (χ1v) is 8.45. The Kier molecular flexibility index (Phi) is 4.32. The summed E-state index contributed by atoms with van der Waals surface area (Å²) in [6, 6.07) is 12.0. The summed E-state index contributed by atoms with van der Waals surface area (Å²) in [5.74, 6) is 0.501. The fourth-order valence-electron chi connectivity index (χ4n) is 2.69. The van der Waals surface area contributed by atoms with E-state index in [1.165, 1.54) is 9.75 Å². The van der Waals surface area contributed by atoms with Gasteiger partial charge < -0.3 is 10.4 Å². The molecule has 0 bridgehead atoms. The smallest absolute Gasteiger partial charge is 0.223 e. The number of aliphatic hydroxyl groups is 1. The van der Waals surface area contributed by atoms with Gasteiger partial charge in [0.05, 0.1) is 6.10 Å². The van der Waals surface area contributed by atoms with Crippen LogP contribution in [0.1, 0.15) is 39.3 Å². The van der Waals surface area contributed by atoms with Gasteiger partial charge in [-0.2, -0.15) is 0 Å². The van der Waals surface area contributed by atoms with Crippen molar-refractivity contribution < 1.29 is 9.90 Å². The molecular weight excluding hydrogens is 294 g/mol. The Hall–Kier alpha value is -1.65. The molecule has 1 aliphatic rings. The maximum absolute atomic E-state index is 12.2. The number of aliphatic hydroxyl groups excluding tert-OH is 1. The van der Waals surface area contributed by atoms with Crippen LogP contribution in [0.3, 0.4) is 0 Å². The molecule has 0 spiro atoms. The van der Waals surface area contributed by atoms with Gasteiger partial charge in [0.1, 0.15) is 0 Å². The van der Waals surface area contributed by atoms with E-state index in [2.05, 4.69) is 24.4 Å². The lowest BCUT2D eigenvalue weighted by molar-refractivity contribution is -0.122. The largest absolute Gasteiger partial charge is 0.387 e. The first-order chi connectivity index (χ1) is 10.5. The number of hydrogen-bond acceptors (Lipinski definition) is 3. The lowest BCUT2D eigenvalue weighted by Gasteiger charge is -2.12. The van der Waals surface area contributed by atoms with Crippen LogP contribution in [0.5, 0.6) is 0 Å². The van der Waals surface area contributed by atoms with E-state index in [1.807, 2.05) is 31.2 Å². The average molecular weight is 315 g/mol. The van der Waals surface area contributed by atoms with Crippen molar-refractivity contribution in [3.63, 3.8) is 0 Å². The Morgan fingerprint density at radius 2 is 2.00 bits per heavy atom. The van der Waals surface area contributed by atoms with Gasteiger partial charge in [0.25, 0.3) is 0 Å². The van der Waals surface area contributed by atoms with Crippen LogP contribution in [0.2, 0.25) is 0 Å². The third-order valence-electron chi connectivity index (χ3n) is 4.19. The molecule has 1 amide bonds. The molecule has 3 rings (SSSR count). The minimum Gasteiger partial charge on any atom is -0.387 e. The molecule has 1 aromatic heterocycles. The number of carbonyl (C=O) groups excluding carboxylic acids is 1. The molecule has 22 heavy (non-hydrogen) atoms. The van der Waals surface area contributed by atoms with Crippen LogP contribution >= 0.6 is 11.3 Å². The van der Waals surface area contributed by atoms with Crippen LogP contribution < -0.4 is 5.32 Å². The van der Waals surface area contributed by atoms with Gasteiger partial charge in [-0.05, 0) is 38.0 Å². The van der Waals surface area contributed by atoms with E-state index >= 15 is 0 Å². The van der Waals surface area contributed by atoms with Crippen molar-refractivity contribution in [1.82, 2.24) is 5.32 Å². The van der Waals surface area contributed by atoms with Crippen LogP contribution in [-0.4, -0.2) is 17.6 Å². The molecule has 4 heteroatoms. The zero-order valence-electron chi connectivity index (χ0n) is 12.9. The predicted octanol–water partition coefficient (Wildman–Crippen LogP) is 3.32. The molecule has 3 unspecified atom stereocenters. The number of carbonyl (C=O) groups is 1. The SMILES string of the molecule is Cc1ccc(C(O)CNC(=O)C2CC2c2ccc(C)s2)cc1. The van der Waals surface area contributed by atoms with Gasteiger partial charge >= 0.3 is 0 Å². The van der Waals surface area contributed by atoms with E-state index in [0.29, 0.717) is 5.92 Å². The molecule has 1 aliphatic carbocycles. The summed E-state index contributed by atoms with van der Waals surface area (Å²) in [7, 11) is 0. The highest BCUT2D eigenvalue weighted by Crippen LogP contribution is 2.49. The highest BCUT2D eigenvalue weighted by molar-refractivity contribution is 7.12. The third-order valence-corrected chi connectivity index (χ3v) is 5.32. The van der Waals surface area contributed by atoms with E-state index in [9.17, 15) is 9.90 Å². The van der Waals surface area contributed by atoms with Crippen molar-refractivity contribution in [2.75, 3.05) is 6.54 Å². The highest BCUT2D eigenvalue weighted by atomic mass is 32.1. The second-order valence-electron chi connectivity index (χ2n) is 6.07. The number of thiophene rings is 1. The lowest BCUT2D eigenvalue weighted by atomic mass is 10.1. The topological polar surface area (TPSA) is 49.3 Å². The maximum Gasteiger partial charge on any atom is 0.223 e. The number of amides is 1. The number of aryl methyl sites for hydroxylation is 2. The van der Waals surface area contributed by atoms with Crippen molar-refractivity contribution >= 4 is 17.2 Å². The summed E-state index contributed by atoms with van der Waals surface area (Å²) in [6.07, 6.45) is 0.276. The molecule has 1 aromatic carbocycles. The van der Waals surface area contributed by atoms with Crippen molar-refractivity contribution in [2.45, 2.75) is 32.3 Å². The van der Waals surface area contributed by atoms with E-state index in [-0.39, 0.29) is 18.4 Å². The summed E-state index contributed by atoms with van der Waals surface area (Å²) in [4.78, 5) is 14.8. The van der Waals surface area contributed by atoms with Gasteiger partial charge in [-0.15, -0.1) is 11.3 Å². The van der Waals surface area contributed by atoms with Gasteiger partial charge in [0.15, 0.2) is 0 Å². The van der Waals surface area contributed by atoms with Gasteiger partial charge in [-0.1, -0.05) is 29.8 Å². The fourth-order valence-corrected chi connectivity index (χ4v) is 3.74. The normalized spacial score (nSPS) is 21.4. The number of benzene rings is 1. The molecule has 3 atom stereocenters. The summed E-state index contributed by atoms with van der Waals surface area (Å²) < 4.78 is 0. The Bertz CT molecular complexity index is 662. The second-order valence-corrected chi connectivity index (χ2v) is 7.39. The Morgan fingerprint density at radius 3 is 2.64 bits per heavy atom. The molecular formula is C18H21NO2S. The second kappa shape index (κ2) is 6.23. The summed E-state index contributed by atoms with van der Waals surface area (Å²) in [5.41, 5.74) is 2.00. The zero-order chi connectivity index (χ0) is 15.7. The van der Waals surface area contributed by atoms with Crippen molar-refractivity contribution in [2.24, 2.45) is 5.92 Å². The Labute approximate surface area is 135 Å². The van der Waals surface area contributed by atoms with Crippen LogP contribution in [0.4, 0.5) is 0 Å². The zero-order valence-corrected chi connectivity index (χ0v) is 13.7. The maximum atomic E-state index is 12.2. The molecule has 0 aliphatic heterocycles. The van der Waals surface area contributed by atoms with Gasteiger partial charge in [0, 0.05) is 28.1 Å². The molecule has 116 valence electrons. The molecule has 3 nitrogen and oxygen atoms in total. The van der Waals surface area contributed by atoms with Crippen LogP contribution in [-0.2, 0) is 4.79 Å². The Morgan fingerprint density at radius 1 is 1.27 bits per heavy atom. The molecule has 0 radical (unpaired) electrons. The first kappa shape index (κ1) is 15.3. The van der Waals surface area contributed by atoms with Gasteiger partial charge in [-0.25, -0.2) is 0 Å². The minimum atomic E-state index is -0.647. The van der Waals surface area contributed by atoms with Crippen LogP contribution in [0, 0.1) is 19.8 Å². The van der Waals surface area contributed by atoms with E-state index in [1.54, 1.807) is 11.3 Å². The standard InChI is InChI=1S/C18H21NO2S/c1-11-3-6-13(7-4-11)16(20)10-19-18(21)15-9-14(15)17-8-5-12(2)22-17/h3-8,14-16,20H,9-10H2,1-2H3,(H,19,21). The molecule has 1 fully saturated rings. The number of rotatable bonds is 5. The summed E-state index contributed by atoms with van der Waals surface area (Å²) in [6.45, 7) is 4.37. The van der Waals surface area contributed by atoms with E-state index in [0.717, 1.165) is 17.5 Å². The molecule has 2 N–H and O–H groups in total. The van der Waals surface area contributed by atoms with Gasteiger partial charge in [0.2, 0.25) is 5.91 Å². The fraction of sp³-hybridized carbons (Fsp3) is 0.389. The Balaban J connectivity index is 1.50. The predicted molar refractivity (Wildman–Crippen MR) is 89.1 cm³/mol. The third kappa shape index (κ3) is 3.39. The summed E-state index contributed by atoms with van der Waals surface area (Å²) >= 11 is 1.77. The minimum absolute atomic E-state index is 0.0576. The van der Waals surface area contributed by atoms with Crippen LogP contribution in [0.25, 0.3) is 0 Å².